The van der Waals surface area contributed by atoms with E-state index in [1.165, 1.54) is 7.11 Å². The Morgan fingerprint density at radius 3 is 2.94 bits per heavy atom. The molecular formula is C19H30IN7O3S. The summed E-state index contributed by atoms with van der Waals surface area (Å²) in [4.78, 5) is 8.94. The van der Waals surface area contributed by atoms with Gasteiger partial charge < -0.3 is 15.4 Å². The van der Waals surface area contributed by atoms with Crippen molar-refractivity contribution in [2.24, 2.45) is 4.99 Å². The van der Waals surface area contributed by atoms with E-state index in [9.17, 15) is 8.42 Å². The molecule has 1 aliphatic heterocycles. The molecule has 0 radical (unpaired) electrons. The minimum absolute atomic E-state index is 0. The molecule has 0 aliphatic carbocycles. The van der Waals surface area contributed by atoms with Crippen molar-refractivity contribution in [3.05, 3.63) is 41.5 Å². The lowest BCUT2D eigenvalue weighted by Gasteiger charge is -2.25. The van der Waals surface area contributed by atoms with Crippen LogP contribution in [0.1, 0.15) is 23.6 Å². The average Bonchev–Trinajstić information content (AvgIpc) is 3.10. The fourth-order valence-corrected chi connectivity index (χ4v) is 4.39. The quantitative estimate of drug-likeness (QED) is 0.188. The maximum absolute atomic E-state index is 12.4. The van der Waals surface area contributed by atoms with E-state index in [0.29, 0.717) is 19.1 Å². The second-order valence-electron chi connectivity index (χ2n) is 7.10. The van der Waals surface area contributed by atoms with Crippen molar-refractivity contribution in [2.45, 2.75) is 43.8 Å². The predicted molar refractivity (Wildman–Crippen MR) is 129 cm³/mol. The Bertz CT molecular complexity index is 994. The highest BCUT2D eigenvalue weighted by Crippen LogP contribution is 2.13. The Hall–Kier alpha value is -1.77. The van der Waals surface area contributed by atoms with E-state index in [1.807, 2.05) is 17.7 Å². The van der Waals surface area contributed by atoms with Crippen LogP contribution in [0, 0.1) is 6.92 Å². The first-order chi connectivity index (χ1) is 14.4. The summed E-state index contributed by atoms with van der Waals surface area (Å²) in [6, 6.07) is 7.03. The van der Waals surface area contributed by atoms with Crippen molar-refractivity contribution >= 4 is 40.0 Å². The molecule has 3 rings (SSSR count). The number of ether oxygens (including phenoxy) is 1. The van der Waals surface area contributed by atoms with Gasteiger partial charge in [0.2, 0.25) is 10.0 Å². The number of hydrogen-bond donors (Lipinski definition) is 3. The molecule has 0 saturated carbocycles. The molecule has 1 atom stereocenters. The molecule has 2 aromatic rings. The number of aryl methyl sites for hydroxylation is 2. The molecule has 2 heterocycles. The van der Waals surface area contributed by atoms with Gasteiger partial charge in [0, 0.05) is 39.7 Å². The third-order valence-electron chi connectivity index (χ3n) is 4.80. The third kappa shape index (κ3) is 7.12. The Labute approximate surface area is 200 Å². The normalized spacial score (nSPS) is 16.4. The second-order valence-corrected chi connectivity index (χ2v) is 8.87. The summed E-state index contributed by atoms with van der Waals surface area (Å²) >= 11 is 0. The average molecular weight is 563 g/mol. The van der Waals surface area contributed by atoms with E-state index in [1.54, 1.807) is 25.2 Å². The van der Waals surface area contributed by atoms with Crippen LogP contribution in [0.15, 0.2) is 34.2 Å². The van der Waals surface area contributed by atoms with Gasteiger partial charge in [0.1, 0.15) is 11.6 Å². The predicted octanol–water partition coefficient (Wildman–Crippen LogP) is 0.809. The lowest BCUT2D eigenvalue weighted by molar-refractivity contribution is 0.204. The van der Waals surface area contributed by atoms with Gasteiger partial charge in [0.25, 0.3) is 0 Å². The maximum Gasteiger partial charge on any atom is 0.240 e. The number of rotatable bonds is 8. The van der Waals surface area contributed by atoms with Crippen LogP contribution in [0.4, 0.5) is 0 Å². The smallest absolute Gasteiger partial charge is 0.240 e. The van der Waals surface area contributed by atoms with E-state index in [4.69, 9.17) is 4.74 Å². The number of methoxy groups -OCH3 is 1. The Balaban J connectivity index is 0.00000341. The molecule has 12 heteroatoms. The van der Waals surface area contributed by atoms with E-state index in [-0.39, 0.29) is 41.5 Å². The van der Waals surface area contributed by atoms with Crippen LogP contribution in [-0.2, 0) is 34.3 Å². The van der Waals surface area contributed by atoms with E-state index < -0.39 is 10.0 Å². The van der Waals surface area contributed by atoms with Gasteiger partial charge >= 0.3 is 0 Å². The Morgan fingerprint density at radius 2 is 2.19 bits per heavy atom. The summed E-state index contributed by atoms with van der Waals surface area (Å²) in [5, 5.41) is 11.1. The molecule has 0 amide bonds. The standard InChI is InChI=1S/C19H29N7O3S.HI/c1-14-23-18-8-7-16(13-26(18)25-14)24-19(20-2)21-12-15-5-4-6-17(11-15)30(27,28)22-9-10-29-3;/h4-6,11,16,22H,7-10,12-13H2,1-3H3,(H2,20,21,24);1H. The molecule has 0 saturated heterocycles. The lowest BCUT2D eigenvalue weighted by Crippen LogP contribution is -2.46. The number of nitrogens with zero attached hydrogens (tertiary/aromatic N) is 4. The summed E-state index contributed by atoms with van der Waals surface area (Å²) in [5.74, 6) is 2.47. The topological polar surface area (TPSA) is 123 Å². The first kappa shape index (κ1) is 25.5. The van der Waals surface area contributed by atoms with E-state index in [0.717, 1.165) is 36.6 Å². The molecule has 0 spiro atoms. The van der Waals surface area contributed by atoms with Crippen molar-refractivity contribution in [1.82, 2.24) is 30.1 Å². The molecule has 1 aromatic heterocycles. The van der Waals surface area contributed by atoms with Gasteiger partial charge in [-0.05, 0) is 31.0 Å². The van der Waals surface area contributed by atoms with Gasteiger partial charge in [0.15, 0.2) is 5.96 Å². The molecule has 10 nitrogen and oxygen atoms in total. The third-order valence-corrected chi connectivity index (χ3v) is 6.25. The van der Waals surface area contributed by atoms with Crippen LogP contribution >= 0.6 is 24.0 Å². The summed E-state index contributed by atoms with van der Waals surface area (Å²) in [7, 11) is -0.327. The van der Waals surface area contributed by atoms with Gasteiger partial charge in [-0.25, -0.2) is 22.8 Å². The van der Waals surface area contributed by atoms with Crippen LogP contribution in [0.5, 0.6) is 0 Å². The van der Waals surface area contributed by atoms with Crippen molar-refractivity contribution in [1.29, 1.82) is 0 Å². The molecule has 1 aromatic carbocycles. The SMILES string of the molecule is CN=C(NCc1cccc(S(=O)(=O)NCCOC)c1)NC1CCc2nc(C)nn2C1.I. The minimum atomic E-state index is -3.57. The second kappa shape index (κ2) is 11.7. The largest absolute Gasteiger partial charge is 0.383 e. The number of aliphatic imine (C=N–C) groups is 1. The number of halogens is 1. The number of nitrogens with one attached hydrogen (secondary N) is 3. The highest BCUT2D eigenvalue weighted by molar-refractivity contribution is 14.0. The molecule has 1 unspecified atom stereocenters. The molecule has 0 fully saturated rings. The molecular weight excluding hydrogens is 533 g/mol. The Kier molecular flexibility index (Phi) is 9.65. The fraction of sp³-hybridized carbons (Fsp3) is 0.526. The van der Waals surface area contributed by atoms with Gasteiger partial charge in [0.05, 0.1) is 18.0 Å². The summed E-state index contributed by atoms with van der Waals surface area (Å²) in [6.07, 6.45) is 1.81. The van der Waals surface area contributed by atoms with Crippen LogP contribution in [0.25, 0.3) is 0 Å². The Morgan fingerprint density at radius 1 is 1.39 bits per heavy atom. The zero-order chi connectivity index (χ0) is 21.6. The van der Waals surface area contributed by atoms with Crippen LogP contribution in [0.3, 0.4) is 0 Å². The van der Waals surface area contributed by atoms with Crippen molar-refractivity contribution in [3.8, 4) is 0 Å². The fourth-order valence-electron chi connectivity index (χ4n) is 3.31. The highest BCUT2D eigenvalue weighted by Gasteiger charge is 2.21. The minimum Gasteiger partial charge on any atom is -0.383 e. The number of benzene rings is 1. The zero-order valence-corrected chi connectivity index (χ0v) is 21.1. The number of sulfonamides is 1. The molecule has 1 aliphatic rings. The molecule has 3 N–H and O–H groups in total. The summed E-state index contributed by atoms with van der Waals surface area (Å²) in [6.45, 7) is 3.63. The lowest BCUT2D eigenvalue weighted by atomic mass is 10.1. The molecule has 31 heavy (non-hydrogen) atoms. The number of aromatic nitrogens is 3. The highest BCUT2D eigenvalue weighted by atomic mass is 127. The monoisotopic (exact) mass is 563 g/mol. The van der Waals surface area contributed by atoms with Crippen LogP contribution < -0.4 is 15.4 Å². The maximum atomic E-state index is 12.4. The van der Waals surface area contributed by atoms with Crippen molar-refractivity contribution in [2.75, 3.05) is 27.3 Å². The number of hydrogen-bond acceptors (Lipinski definition) is 6. The summed E-state index contributed by atoms with van der Waals surface area (Å²) in [5.41, 5.74) is 0.838. The molecule has 0 bridgehead atoms. The van der Waals surface area contributed by atoms with E-state index in [2.05, 4.69) is 30.4 Å². The first-order valence-corrected chi connectivity index (χ1v) is 11.3. The van der Waals surface area contributed by atoms with Gasteiger partial charge in [-0.15, -0.1) is 24.0 Å². The van der Waals surface area contributed by atoms with E-state index >= 15 is 0 Å². The number of guanidine groups is 1. The van der Waals surface area contributed by atoms with Crippen LogP contribution in [0.2, 0.25) is 0 Å². The first-order valence-electron chi connectivity index (χ1n) is 9.86. The zero-order valence-electron chi connectivity index (χ0n) is 18.0. The van der Waals surface area contributed by atoms with Gasteiger partial charge in [-0.2, -0.15) is 5.10 Å². The van der Waals surface area contributed by atoms with Gasteiger partial charge in [-0.3, -0.25) is 4.99 Å². The van der Waals surface area contributed by atoms with Gasteiger partial charge in [-0.1, -0.05) is 12.1 Å². The number of fused-ring (bicyclic) bond motifs is 1. The molecule has 172 valence electrons. The summed E-state index contributed by atoms with van der Waals surface area (Å²) < 4.78 is 34.1. The van der Waals surface area contributed by atoms with Crippen molar-refractivity contribution in [3.63, 3.8) is 0 Å². The van der Waals surface area contributed by atoms with Crippen LogP contribution in [-0.4, -0.2) is 62.5 Å². The van der Waals surface area contributed by atoms with Crippen molar-refractivity contribution < 1.29 is 13.2 Å².